The van der Waals surface area contributed by atoms with Crippen LogP contribution in [0.4, 0.5) is 11.4 Å². The van der Waals surface area contributed by atoms with E-state index in [1.165, 1.54) is 0 Å². The molecular weight excluding hydrogens is 216 g/mol. The first-order valence-corrected chi connectivity index (χ1v) is 5.68. The minimum Gasteiger partial charge on any atom is -0.384 e. The van der Waals surface area contributed by atoms with E-state index in [2.05, 4.69) is 15.6 Å². The third-order valence-electron chi connectivity index (χ3n) is 2.22. The number of hydrogen-bond donors (Lipinski definition) is 3. The molecule has 0 radical (unpaired) electrons. The maximum atomic E-state index is 10.9. The molecule has 0 unspecified atom stereocenters. The molecule has 0 saturated carbocycles. The average Bonchev–Trinajstić information content (AvgIpc) is 2.15. The Labute approximate surface area is 102 Å². The van der Waals surface area contributed by atoms with Gasteiger partial charge in [-0.1, -0.05) is 0 Å². The zero-order valence-corrected chi connectivity index (χ0v) is 10.6. The second-order valence-electron chi connectivity index (χ2n) is 4.64. The van der Waals surface area contributed by atoms with Gasteiger partial charge in [-0.3, -0.25) is 9.78 Å². The zero-order chi connectivity index (χ0) is 12.9. The fourth-order valence-electron chi connectivity index (χ4n) is 1.68. The van der Waals surface area contributed by atoms with Crippen LogP contribution < -0.4 is 16.4 Å². The summed E-state index contributed by atoms with van der Waals surface area (Å²) in [7, 11) is 0. The van der Waals surface area contributed by atoms with E-state index in [-0.39, 0.29) is 17.9 Å². The van der Waals surface area contributed by atoms with Crippen LogP contribution in [0.3, 0.4) is 0 Å². The van der Waals surface area contributed by atoms with Crippen LogP contribution in [0.5, 0.6) is 0 Å². The molecule has 5 heteroatoms. The van der Waals surface area contributed by atoms with Gasteiger partial charge < -0.3 is 16.4 Å². The van der Waals surface area contributed by atoms with Gasteiger partial charge in [0.1, 0.15) is 0 Å². The van der Waals surface area contributed by atoms with E-state index in [4.69, 9.17) is 5.73 Å². The summed E-state index contributed by atoms with van der Waals surface area (Å²) < 4.78 is 0. The van der Waals surface area contributed by atoms with Crippen molar-refractivity contribution in [3.63, 3.8) is 0 Å². The van der Waals surface area contributed by atoms with Gasteiger partial charge in [0.25, 0.3) is 0 Å². The summed E-state index contributed by atoms with van der Waals surface area (Å²) in [5, 5.41) is 6.43. The number of nitrogens with zero attached hydrogens (tertiary/aromatic N) is 1. The van der Waals surface area contributed by atoms with Crippen LogP contribution in [0.2, 0.25) is 0 Å². The number of primary amides is 1. The first-order valence-electron chi connectivity index (χ1n) is 5.68. The highest BCUT2D eigenvalue weighted by Gasteiger charge is 2.20. The van der Waals surface area contributed by atoms with Gasteiger partial charge in [-0.25, -0.2) is 0 Å². The van der Waals surface area contributed by atoms with Crippen molar-refractivity contribution in [2.45, 2.75) is 32.7 Å². The third kappa shape index (κ3) is 4.72. The Kier molecular flexibility index (Phi) is 4.31. The van der Waals surface area contributed by atoms with Crippen molar-refractivity contribution in [2.24, 2.45) is 5.73 Å². The lowest BCUT2D eigenvalue weighted by molar-refractivity contribution is -0.118. The van der Waals surface area contributed by atoms with Crippen LogP contribution in [-0.2, 0) is 4.79 Å². The summed E-state index contributed by atoms with van der Waals surface area (Å²) in [5.74, 6) is -0.321. The van der Waals surface area contributed by atoms with E-state index >= 15 is 0 Å². The molecule has 0 bridgehead atoms. The van der Waals surface area contributed by atoms with E-state index in [9.17, 15) is 4.79 Å². The normalized spacial score (nSPS) is 11.0. The number of rotatable bonds is 6. The smallest absolute Gasteiger partial charge is 0.219 e. The Hall–Kier alpha value is -1.78. The second-order valence-corrected chi connectivity index (χ2v) is 4.64. The SMILES string of the molecule is CCNc1cncc(NC(C)(C)CC(N)=O)c1. The lowest BCUT2D eigenvalue weighted by Gasteiger charge is -2.26. The summed E-state index contributed by atoms with van der Waals surface area (Å²) in [5.41, 5.74) is 6.65. The Morgan fingerprint density at radius 3 is 2.65 bits per heavy atom. The van der Waals surface area contributed by atoms with Crippen molar-refractivity contribution in [3.8, 4) is 0 Å². The van der Waals surface area contributed by atoms with Gasteiger partial charge in [0.05, 0.1) is 23.8 Å². The quantitative estimate of drug-likeness (QED) is 0.700. The first kappa shape index (κ1) is 13.3. The van der Waals surface area contributed by atoms with Crippen LogP contribution >= 0.6 is 0 Å². The summed E-state index contributed by atoms with van der Waals surface area (Å²) in [6, 6.07) is 1.96. The Bertz CT molecular complexity index is 390. The highest BCUT2D eigenvalue weighted by Crippen LogP contribution is 2.19. The van der Waals surface area contributed by atoms with Gasteiger partial charge >= 0.3 is 0 Å². The molecule has 17 heavy (non-hydrogen) atoms. The van der Waals surface area contributed by atoms with E-state index in [0.29, 0.717) is 0 Å². The molecule has 0 aliphatic heterocycles. The molecule has 1 amide bonds. The Balaban J connectivity index is 2.73. The fourth-order valence-corrected chi connectivity index (χ4v) is 1.68. The van der Waals surface area contributed by atoms with Crippen molar-refractivity contribution in [1.29, 1.82) is 0 Å². The molecule has 0 spiro atoms. The number of carbonyl (C=O) groups is 1. The molecule has 1 rings (SSSR count). The number of anilines is 2. The van der Waals surface area contributed by atoms with E-state index in [1.807, 2.05) is 26.8 Å². The van der Waals surface area contributed by atoms with Gasteiger partial charge in [-0.2, -0.15) is 0 Å². The molecule has 1 aromatic heterocycles. The molecule has 0 aliphatic rings. The molecular formula is C12H20N4O. The number of hydrogen-bond acceptors (Lipinski definition) is 4. The summed E-state index contributed by atoms with van der Waals surface area (Å²) >= 11 is 0. The highest BCUT2D eigenvalue weighted by molar-refractivity contribution is 5.75. The van der Waals surface area contributed by atoms with Crippen molar-refractivity contribution in [1.82, 2.24) is 4.98 Å². The van der Waals surface area contributed by atoms with E-state index < -0.39 is 0 Å². The predicted octanol–water partition coefficient (Wildman–Crippen LogP) is 1.58. The summed E-state index contributed by atoms with van der Waals surface area (Å²) in [4.78, 5) is 15.1. The standard InChI is InChI=1S/C12H20N4O/c1-4-15-9-5-10(8-14-7-9)16-12(2,3)6-11(13)17/h5,7-8,15-16H,4,6H2,1-3H3,(H2,13,17). The fraction of sp³-hybridized carbons (Fsp3) is 0.500. The van der Waals surface area contributed by atoms with Crippen LogP contribution in [0.15, 0.2) is 18.5 Å². The van der Waals surface area contributed by atoms with E-state index in [1.54, 1.807) is 12.4 Å². The van der Waals surface area contributed by atoms with Crippen molar-refractivity contribution < 1.29 is 4.79 Å². The van der Waals surface area contributed by atoms with Gasteiger partial charge in [0.15, 0.2) is 0 Å². The number of pyridine rings is 1. The Morgan fingerprint density at radius 2 is 2.06 bits per heavy atom. The van der Waals surface area contributed by atoms with Crippen molar-refractivity contribution in [3.05, 3.63) is 18.5 Å². The minimum absolute atomic E-state index is 0.276. The number of amides is 1. The van der Waals surface area contributed by atoms with Crippen LogP contribution in [0, 0.1) is 0 Å². The van der Waals surface area contributed by atoms with Gasteiger partial charge in [-0.05, 0) is 26.8 Å². The molecule has 1 aromatic rings. The first-order chi connectivity index (χ1) is 7.93. The zero-order valence-electron chi connectivity index (χ0n) is 10.6. The van der Waals surface area contributed by atoms with Crippen molar-refractivity contribution >= 4 is 17.3 Å². The van der Waals surface area contributed by atoms with Gasteiger partial charge in [0, 0.05) is 18.5 Å². The monoisotopic (exact) mass is 236 g/mol. The molecule has 0 aromatic carbocycles. The third-order valence-corrected chi connectivity index (χ3v) is 2.22. The van der Waals surface area contributed by atoms with Crippen molar-refractivity contribution in [2.75, 3.05) is 17.2 Å². The summed E-state index contributed by atoms with van der Waals surface area (Å²) in [6.07, 6.45) is 3.76. The maximum absolute atomic E-state index is 10.9. The van der Waals surface area contributed by atoms with Gasteiger partial charge in [0.2, 0.25) is 5.91 Å². The molecule has 0 fully saturated rings. The minimum atomic E-state index is -0.377. The van der Waals surface area contributed by atoms with Gasteiger partial charge in [-0.15, -0.1) is 0 Å². The lowest BCUT2D eigenvalue weighted by atomic mass is 10.00. The highest BCUT2D eigenvalue weighted by atomic mass is 16.1. The second kappa shape index (κ2) is 5.52. The lowest BCUT2D eigenvalue weighted by Crippen LogP contribution is -2.36. The molecule has 1 heterocycles. The van der Waals surface area contributed by atoms with Crippen LogP contribution in [0.25, 0.3) is 0 Å². The predicted molar refractivity (Wildman–Crippen MR) is 69.9 cm³/mol. The molecule has 4 N–H and O–H groups in total. The number of carbonyl (C=O) groups excluding carboxylic acids is 1. The molecule has 0 saturated heterocycles. The molecule has 0 aliphatic carbocycles. The molecule has 5 nitrogen and oxygen atoms in total. The maximum Gasteiger partial charge on any atom is 0.219 e. The topological polar surface area (TPSA) is 80.0 Å². The molecule has 0 atom stereocenters. The van der Waals surface area contributed by atoms with Crippen LogP contribution in [0.1, 0.15) is 27.2 Å². The Morgan fingerprint density at radius 1 is 1.41 bits per heavy atom. The number of nitrogens with one attached hydrogen (secondary N) is 2. The van der Waals surface area contributed by atoms with Crippen LogP contribution in [-0.4, -0.2) is 23.0 Å². The molecule has 94 valence electrons. The number of nitrogens with two attached hydrogens (primary N) is 1. The summed E-state index contributed by atoms with van der Waals surface area (Å²) in [6.45, 7) is 6.72. The largest absolute Gasteiger partial charge is 0.384 e. The average molecular weight is 236 g/mol. The number of aromatic nitrogens is 1. The van der Waals surface area contributed by atoms with E-state index in [0.717, 1.165) is 17.9 Å².